The molecule has 0 saturated carbocycles. The lowest BCUT2D eigenvalue weighted by Crippen LogP contribution is -2.18. The molecule has 2 aromatic carbocycles. The Labute approximate surface area is 121 Å². The molecule has 21 heavy (non-hydrogen) atoms. The summed E-state index contributed by atoms with van der Waals surface area (Å²) in [5.74, 6) is -4.37. The van der Waals surface area contributed by atoms with Crippen LogP contribution in [-0.2, 0) is 6.42 Å². The van der Waals surface area contributed by atoms with Crippen molar-refractivity contribution in [3.8, 4) is 0 Å². The number of benzene rings is 2. The molecule has 0 amide bonds. The van der Waals surface area contributed by atoms with Gasteiger partial charge in [0.05, 0.1) is 6.10 Å². The fourth-order valence-corrected chi connectivity index (χ4v) is 3.11. The van der Waals surface area contributed by atoms with E-state index >= 15 is 0 Å². The highest BCUT2D eigenvalue weighted by molar-refractivity contribution is 5.36. The minimum Gasteiger partial charge on any atom is -0.388 e. The number of fused-ring (bicyclic) bond motifs is 1. The maximum absolute atomic E-state index is 13.9. The molecule has 0 heterocycles. The van der Waals surface area contributed by atoms with Crippen LogP contribution in [0.4, 0.5) is 13.2 Å². The molecule has 0 fully saturated rings. The van der Waals surface area contributed by atoms with Gasteiger partial charge in [0.1, 0.15) is 0 Å². The van der Waals surface area contributed by atoms with Gasteiger partial charge in [-0.2, -0.15) is 0 Å². The van der Waals surface area contributed by atoms with E-state index in [0.29, 0.717) is 6.42 Å². The molecule has 1 aliphatic carbocycles. The summed E-state index contributed by atoms with van der Waals surface area (Å²) in [6.07, 6.45) is 1.31. The number of aliphatic hydroxyl groups excluding tert-OH is 1. The normalized spacial score (nSPS) is 19.1. The summed E-state index contributed by atoms with van der Waals surface area (Å²) in [5.41, 5.74) is 1.90. The molecule has 1 N–H and O–H groups in total. The van der Waals surface area contributed by atoms with Gasteiger partial charge < -0.3 is 5.11 Å². The van der Waals surface area contributed by atoms with Crippen molar-refractivity contribution in [1.29, 1.82) is 0 Å². The van der Waals surface area contributed by atoms with Gasteiger partial charge in [-0.05, 0) is 36.5 Å². The van der Waals surface area contributed by atoms with Crippen LogP contribution < -0.4 is 0 Å². The van der Waals surface area contributed by atoms with E-state index < -0.39 is 23.6 Å². The van der Waals surface area contributed by atoms with Gasteiger partial charge in [0, 0.05) is 11.5 Å². The Morgan fingerprint density at radius 1 is 1.00 bits per heavy atom. The maximum atomic E-state index is 13.9. The van der Waals surface area contributed by atoms with Crippen LogP contribution in [0.5, 0.6) is 0 Å². The number of hydrogen-bond acceptors (Lipinski definition) is 1. The zero-order valence-electron chi connectivity index (χ0n) is 11.3. The van der Waals surface area contributed by atoms with Crippen LogP contribution >= 0.6 is 0 Å². The van der Waals surface area contributed by atoms with Gasteiger partial charge in [-0.3, -0.25) is 0 Å². The van der Waals surface area contributed by atoms with Gasteiger partial charge >= 0.3 is 0 Å². The molecule has 0 saturated heterocycles. The first-order valence-electron chi connectivity index (χ1n) is 6.99. The molecule has 1 nitrogen and oxygen atoms in total. The largest absolute Gasteiger partial charge is 0.388 e. The van der Waals surface area contributed by atoms with E-state index in [1.54, 1.807) is 0 Å². The van der Waals surface area contributed by atoms with Gasteiger partial charge in [0.15, 0.2) is 17.5 Å². The fourth-order valence-electron chi connectivity index (χ4n) is 3.11. The number of halogens is 3. The van der Waals surface area contributed by atoms with Gasteiger partial charge in [0.25, 0.3) is 0 Å². The Hall–Kier alpha value is -1.81. The Morgan fingerprint density at radius 3 is 2.57 bits per heavy atom. The third-order valence-electron chi connectivity index (χ3n) is 4.18. The van der Waals surface area contributed by atoms with Gasteiger partial charge in [0.2, 0.25) is 0 Å². The van der Waals surface area contributed by atoms with Gasteiger partial charge in [-0.1, -0.05) is 30.3 Å². The second-order valence-electron chi connectivity index (χ2n) is 5.41. The number of aliphatic hydroxyl groups is 1. The zero-order valence-corrected chi connectivity index (χ0v) is 11.3. The van der Waals surface area contributed by atoms with Crippen LogP contribution in [0.1, 0.15) is 41.6 Å². The van der Waals surface area contributed by atoms with Crippen LogP contribution in [0, 0.1) is 17.5 Å². The number of aryl methyl sites for hydroxylation is 1. The van der Waals surface area contributed by atoms with Gasteiger partial charge in [-0.25, -0.2) is 13.2 Å². The zero-order chi connectivity index (χ0) is 15.0. The van der Waals surface area contributed by atoms with Crippen LogP contribution in [0.25, 0.3) is 0 Å². The molecule has 4 heteroatoms. The molecule has 0 bridgehead atoms. The van der Waals surface area contributed by atoms with Crippen molar-refractivity contribution in [2.75, 3.05) is 0 Å². The monoisotopic (exact) mass is 292 g/mol. The van der Waals surface area contributed by atoms with Crippen molar-refractivity contribution in [3.63, 3.8) is 0 Å². The lowest BCUT2D eigenvalue weighted by atomic mass is 9.78. The highest BCUT2D eigenvalue weighted by atomic mass is 19.2. The van der Waals surface area contributed by atoms with Crippen LogP contribution in [-0.4, -0.2) is 5.11 Å². The summed E-state index contributed by atoms with van der Waals surface area (Å²) in [7, 11) is 0. The van der Waals surface area contributed by atoms with E-state index in [4.69, 9.17) is 0 Å². The molecular weight excluding hydrogens is 277 g/mol. The highest BCUT2D eigenvalue weighted by Gasteiger charge is 2.30. The predicted octanol–water partition coefficient (Wildman–Crippen LogP) is 4.26. The first-order chi connectivity index (χ1) is 10.1. The maximum Gasteiger partial charge on any atom is 0.194 e. The summed E-state index contributed by atoms with van der Waals surface area (Å²) < 4.78 is 40.2. The molecule has 0 aliphatic heterocycles. The minimum absolute atomic E-state index is 0.185. The van der Waals surface area contributed by atoms with Crippen molar-refractivity contribution < 1.29 is 18.3 Å². The summed E-state index contributed by atoms with van der Waals surface area (Å²) in [6, 6.07) is 9.65. The Morgan fingerprint density at radius 2 is 1.76 bits per heavy atom. The van der Waals surface area contributed by atoms with Crippen LogP contribution in [0.15, 0.2) is 36.4 Å². The summed E-state index contributed by atoms with van der Waals surface area (Å²) in [5, 5.41) is 10.5. The lowest BCUT2D eigenvalue weighted by Gasteiger charge is -2.29. The van der Waals surface area contributed by atoms with Crippen molar-refractivity contribution in [2.24, 2.45) is 0 Å². The van der Waals surface area contributed by atoms with Crippen molar-refractivity contribution in [3.05, 3.63) is 70.5 Å². The first-order valence-corrected chi connectivity index (χ1v) is 6.99. The molecule has 1 aliphatic rings. The SMILES string of the molecule is OC(c1ccc(F)c(F)c1F)C1CCCc2ccccc21. The molecule has 0 aromatic heterocycles. The highest BCUT2D eigenvalue weighted by Crippen LogP contribution is 2.41. The van der Waals surface area contributed by atoms with Crippen LogP contribution in [0.3, 0.4) is 0 Å². The molecule has 2 atom stereocenters. The van der Waals surface area contributed by atoms with Gasteiger partial charge in [-0.15, -0.1) is 0 Å². The molecule has 0 radical (unpaired) electrons. The summed E-state index contributed by atoms with van der Waals surface area (Å²) in [4.78, 5) is 0. The fraction of sp³-hybridized carbons (Fsp3) is 0.294. The number of rotatable bonds is 2. The van der Waals surface area contributed by atoms with Crippen molar-refractivity contribution in [1.82, 2.24) is 0 Å². The van der Waals surface area contributed by atoms with E-state index in [-0.39, 0.29) is 11.5 Å². The quantitative estimate of drug-likeness (QED) is 0.820. The summed E-state index contributed by atoms with van der Waals surface area (Å²) >= 11 is 0. The van der Waals surface area contributed by atoms with Crippen molar-refractivity contribution in [2.45, 2.75) is 31.3 Å². The Balaban J connectivity index is 2.01. The van der Waals surface area contributed by atoms with E-state index in [0.717, 1.165) is 36.1 Å². The second-order valence-corrected chi connectivity index (χ2v) is 5.41. The third-order valence-corrected chi connectivity index (χ3v) is 4.18. The minimum atomic E-state index is -1.53. The van der Waals surface area contributed by atoms with Crippen LogP contribution in [0.2, 0.25) is 0 Å². The lowest BCUT2D eigenvalue weighted by molar-refractivity contribution is 0.130. The molecule has 0 spiro atoms. The Kier molecular flexibility index (Phi) is 3.72. The molecular formula is C17H15F3O. The standard InChI is InChI=1S/C17H15F3O/c18-14-9-8-13(15(19)16(14)20)17(21)12-7-3-5-10-4-1-2-6-11(10)12/h1-2,4,6,8-9,12,17,21H,3,5,7H2. The summed E-state index contributed by atoms with van der Waals surface area (Å²) in [6.45, 7) is 0. The predicted molar refractivity (Wildman–Crippen MR) is 73.4 cm³/mol. The van der Waals surface area contributed by atoms with E-state index in [9.17, 15) is 18.3 Å². The van der Waals surface area contributed by atoms with Crippen molar-refractivity contribution >= 4 is 0 Å². The third kappa shape index (κ3) is 2.44. The molecule has 110 valence electrons. The van der Waals surface area contributed by atoms with E-state index in [1.165, 1.54) is 0 Å². The molecule has 3 rings (SSSR count). The topological polar surface area (TPSA) is 20.2 Å². The Bertz CT molecular complexity index is 669. The molecule has 2 aromatic rings. The number of hydrogen-bond donors (Lipinski definition) is 1. The second kappa shape index (κ2) is 5.53. The smallest absolute Gasteiger partial charge is 0.194 e. The first kappa shape index (κ1) is 14.1. The average molecular weight is 292 g/mol. The van der Waals surface area contributed by atoms with E-state index in [1.807, 2.05) is 24.3 Å². The average Bonchev–Trinajstić information content (AvgIpc) is 2.51. The van der Waals surface area contributed by atoms with E-state index in [2.05, 4.69) is 0 Å². The molecule has 2 unspecified atom stereocenters.